The molecule has 0 spiro atoms. The molecule has 2 rings (SSSR count). The molecule has 0 unspecified atom stereocenters. The Kier molecular flexibility index (Phi) is 5.68. The van der Waals surface area contributed by atoms with Gasteiger partial charge in [0.1, 0.15) is 6.33 Å². The summed E-state index contributed by atoms with van der Waals surface area (Å²) in [6.45, 7) is 6.34. The Balaban J connectivity index is 1.76. The highest BCUT2D eigenvalue weighted by Crippen LogP contribution is 2.07. The van der Waals surface area contributed by atoms with Gasteiger partial charge >= 0.3 is 0 Å². The quantitative estimate of drug-likeness (QED) is 0.614. The minimum atomic E-state index is 0.601. The first kappa shape index (κ1) is 15.4. The second-order valence-electron chi connectivity index (χ2n) is 4.49. The zero-order valence-electron chi connectivity index (χ0n) is 12.6. The Morgan fingerprint density at radius 3 is 2.95 bits per heavy atom. The van der Waals surface area contributed by atoms with E-state index in [0.29, 0.717) is 6.54 Å². The molecular formula is C13H21N7S. The van der Waals surface area contributed by atoms with E-state index in [1.54, 1.807) is 24.7 Å². The third kappa shape index (κ3) is 4.52. The van der Waals surface area contributed by atoms with E-state index in [1.165, 1.54) is 0 Å². The number of hydrogen-bond acceptors (Lipinski definition) is 5. The Hall–Kier alpha value is -1.96. The van der Waals surface area contributed by atoms with Crippen LogP contribution >= 0.6 is 11.3 Å². The molecule has 2 N–H and O–H groups in total. The smallest absolute Gasteiger partial charge is 0.191 e. The summed E-state index contributed by atoms with van der Waals surface area (Å²) in [6.07, 6.45) is 2.62. The molecular weight excluding hydrogens is 286 g/mol. The zero-order valence-corrected chi connectivity index (χ0v) is 13.4. The number of thiazole rings is 1. The standard InChI is InChI=1S/C13H21N7S/c1-4-20-9-17-19-12(20)7-16-13(14-3)15-6-5-11-8-21-10(2)18-11/h8-9H,4-7H2,1-3H3,(H2,14,15,16). The van der Waals surface area contributed by atoms with E-state index in [2.05, 4.69) is 43.1 Å². The van der Waals surface area contributed by atoms with Crippen LogP contribution in [0, 0.1) is 6.92 Å². The van der Waals surface area contributed by atoms with Gasteiger partial charge in [0, 0.05) is 31.9 Å². The van der Waals surface area contributed by atoms with Gasteiger partial charge in [-0.05, 0) is 13.8 Å². The van der Waals surface area contributed by atoms with Crippen LogP contribution in [0.15, 0.2) is 16.7 Å². The fourth-order valence-corrected chi connectivity index (χ4v) is 2.54. The molecule has 0 amide bonds. The van der Waals surface area contributed by atoms with E-state index in [9.17, 15) is 0 Å². The highest BCUT2D eigenvalue weighted by molar-refractivity contribution is 7.09. The van der Waals surface area contributed by atoms with Crippen LogP contribution in [-0.2, 0) is 19.5 Å². The number of aliphatic imine (C=N–C) groups is 1. The van der Waals surface area contributed by atoms with Gasteiger partial charge in [-0.25, -0.2) is 4.98 Å². The molecule has 0 fully saturated rings. The summed E-state index contributed by atoms with van der Waals surface area (Å²) < 4.78 is 2.00. The van der Waals surface area contributed by atoms with Gasteiger partial charge in [-0.3, -0.25) is 4.99 Å². The van der Waals surface area contributed by atoms with Crippen LogP contribution < -0.4 is 10.6 Å². The van der Waals surface area contributed by atoms with Crippen LogP contribution in [0.4, 0.5) is 0 Å². The highest BCUT2D eigenvalue weighted by Gasteiger charge is 2.04. The average molecular weight is 307 g/mol. The summed E-state index contributed by atoms with van der Waals surface area (Å²) in [4.78, 5) is 8.64. The highest BCUT2D eigenvalue weighted by atomic mass is 32.1. The largest absolute Gasteiger partial charge is 0.356 e. The summed E-state index contributed by atoms with van der Waals surface area (Å²) in [7, 11) is 1.76. The van der Waals surface area contributed by atoms with E-state index in [0.717, 1.165) is 42.0 Å². The molecule has 0 saturated carbocycles. The lowest BCUT2D eigenvalue weighted by molar-refractivity contribution is 0.669. The van der Waals surface area contributed by atoms with Crippen molar-refractivity contribution in [2.75, 3.05) is 13.6 Å². The molecule has 2 heterocycles. The van der Waals surface area contributed by atoms with Crippen LogP contribution in [0.1, 0.15) is 23.4 Å². The van der Waals surface area contributed by atoms with Crippen molar-refractivity contribution in [1.29, 1.82) is 0 Å². The van der Waals surface area contributed by atoms with Gasteiger partial charge in [-0.1, -0.05) is 0 Å². The number of rotatable bonds is 6. The van der Waals surface area contributed by atoms with E-state index >= 15 is 0 Å². The summed E-state index contributed by atoms with van der Waals surface area (Å²) >= 11 is 1.68. The Bertz CT molecular complexity index is 587. The molecule has 0 saturated heterocycles. The van der Waals surface area contributed by atoms with Gasteiger partial charge in [0.05, 0.1) is 17.2 Å². The van der Waals surface area contributed by atoms with Crippen molar-refractivity contribution in [3.05, 3.63) is 28.2 Å². The summed E-state index contributed by atoms with van der Waals surface area (Å²) in [5, 5.41) is 17.7. The third-order valence-corrected chi connectivity index (χ3v) is 3.84. The number of nitrogens with one attached hydrogen (secondary N) is 2. The van der Waals surface area contributed by atoms with Crippen molar-refractivity contribution < 1.29 is 0 Å². The van der Waals surface area contributed by atoms with Crippen LogP contribution in [0.5, 0.6) is 0 Å². The number of aromatic nitrogens is 4. The first-order valence-electron chi connectivity index (χ1n) is 6.95. The fraction of sp³-hybridized carbons (Fsp3) is 0.538. The van der Waals surface area contributed by atoms with E-state index < -0.39 is 0 Å². The summed E-state index contributed by atoms with van der Waals surface area (Å²) in [5.74, 6) is 1.66. The molecule has 2 aromatic heterocycles. The maximum absolute atomic E-state index is 4.44. The van der Waals surface area contributed by atoms with Crippen LogP contribution in [-0.4, -0.2) is 39.3 Å². The number of hydrogen-bond donors (Lipinski definition) is 2. The monoisotopic (exact) mass is 307 g/mol. The minimum absolute atomic E-state index is 0.601. The Morgan fingerprint density at radius 2 is 2.29 bits per heavy atom. The topological polar surface area (TPSA) is 80.0 Å². The lowest BCUT2D eigenvalue weighted by Crippen LogP contribution is -2.38. The molecule has 0 bridgehead atoms. The number of guanidine groups is 1. The summed E-state index contributed by atoms with van der Waals surface area (Å²) in [5.41, 5.74) is 1.12. The molecule has 8 heteroatoms. The third-order valence-electron chi connectivity index (χ3n) is 3.01. The summed E-state index contributed by atoms with van der Waals surface area (Å²) in [6, 6.07) is 0. The van der Waals surface area contributed by atoms with Gasteiger partial charge < -0.3 is 15.2 Å². The van der Waals surface area contributed by atoms with Crippen molar-refractivity contribution >= 4 is 17.3 Å². The van der Waals surface area contributed by atoms with Gasteiger partial charge in [-0.15, -0.1) is 21.5 Å². The normalized spacial score (nSPS) is 11.7. The second kappa shape index (κ2) is 7.72. The molecule has 21 heavy (non-hydrogen) atoms. The molecule has 2 aromatic rings. The van der Waals surface area contributed by atoms with Crippen LogP contribution in [0.25, 0.3) is 0 Å². The van der Waals surface area contributed by atoms with Gasteiger partial charge in [0.25, 0.3) is 0 Å². The van der Waals surface area contributed by atoms with Crippen LogP contribution in [0.2, 0.25) is 0 Å². The van der Waals surface area contributed by atoms with Crippen molar-refractivity contribution in [3.63, 3.8) is 0 Å². The van der Waals surface area contributed by atoms with E-state index in [1.807, 2.05) is 11.5 Å². The number of aryl methyl sites for hydroxylation is 2. The van der Waals surface area contributed by atoms with E-state index in [4.69, 9.17) is 0 Å². The zero-order chi connectivity index (χ0) is 15.1. The Morgan fingerprint density at radius 1 is 1.43 bits per heavy atom. The first-order valence-corrected chi connectivity index (χ1v) is 7.83. The molecule has 0 radical (unpaired) electrons. The van der Waals surface area contributed by atoms with Crippen molar-refractivity contribution in [2.24, 2.45) is 4.99 Å². The van der Waals surface area contributed by atoms with Gasteiger partial charge in [0.15, 0.2) is 11.8 Å². The van der Waals surface area contributed by atoms with Gasteiger partial charge in [-0.2, -0.15) is 0 Å². The second-order valence-corrected chi connectivity index (χ2v) is 5.56. The number of nitrogens with zero attached hydrogens (tertiary/aromatic N) is 5. The van der Waals surface area contributed by atoms with Crippen molar-refractivity contribution in [2.45, 2.75) is 33.4 Å². The lowest BCUT2D eigenvalue weighted by Gasteiger charge is -2.11. The van der Waals surface area contributed by atoms with Gasteiger partial charge in [0.2, 0.25) is 0 Å². The maximum atomic E-state index is 4.44. The SMILES string of the molecule is CCn1cnnc1CNC(=NC)NCCc1csc(C)n1. The molecule has 0 aliphatic heterocycles. The average Bonchev–Trinajstić information content (AvgIpc) is 3.11. The maximum Gasteiger partial charge on any atom is 0.191 e. The predicted octanol–water partition coefficient (Wildman–Crippen LogP) is 0.971. The lowest BCUT2D eigenvalue weighted by atomic mass is 10.3. The first-order chi connectivity index (χ1) is 10.2. The van der Waals surface area contributed by atoms with Crippen molar-refractivity contribution in [1.82, 2.24) is 30.4 Å². The molecule has 114 valence electrons. The Labute approximate surface area is 128 Å². The van der Waals surface area contributed by atoms with E-state index in [-0.39, 0.29) is 0 Å². The predicted molar refractivity (Wildman–Crippen MR) is 84.5 cm³/mol. The minimum Gasteiger partial charge on any atom is -0.356 e. The fourth-order valence-electron chi connectivity index (χ4n) is 1.90. The molecule has 0 atom stereocenters. The molecule has 0 aromatic carbocycles. The molecule has 0 aliphatic rings. The molecule has 7 nitrogen and oxygen atoms in total. The molecule has 0 aliphatic carbocycles. The van der Waals surface area contributed by atoms with Crippen molar-refractivity contribution in [3.8, 4) is 0 Å². The van der Waals surface area contributed by atoms with Crippen LogP contribution in [0.3, 0.4) is 0 Å².